The van der Waals surface area contributed by atoms with Gasteiger partial charge in [-0.2, -0.15) is 0 Å². The smallest absolute Gasteiger partial charge is 0.307 e. The van der Waals surface area contributed by atoms with Crippen molar-refractivity contribution in [1.29, 1.82) is 0 Å². The van der Waals surface area contributed by atoms with Crippen molar-refractivity contribution in [3.05, 3.63) is 0 Å². The third-order valence-electron chi connectivity index (χ3n) is 2.51. The van der Waals surface area contributed by atoms with Crippen molar-refractivity contribution in [3.8, 4) is 0 Å². The molecule has 0 radical (unpaired) electrons. The van der Waals surface area contributed by atoms with E-state index in [0.717, 1.165) is 0 Å². The molecule has 0 spiro atoms. The Morgan fingerprint density at radius 2 is 1.94 bits per heavy atom. The van der Waals surface area contributed by atoms with Crippen LogP contribution in [0.4, 0.5) is 0 Å². The molecule has 1 aliphatic rings. The fraction of sp³-hybridized carbons (Fsp3) is 0.900. The lowest BCUT2D eigenvalue weighted by Crippen LogP contribution is -2.35. The van der Waals surface area contributed by atoms with Gasteiger partial charge < -0.3 is 29.7 Å². The van der Waals surface area contributed by atoms with Crippen molar-refractivity contribution in [2.45, 2.75) is 31.0 Å². The van der Waals surface area contributed by atoms with Gasteiger partial charge in [-0.3, -0.25) is 4.79 Å². The van der Waals surface area contributed by atoms with E-state index in [1.807, 2.05) is 19.0 Å². The minimum atomic E-state index is -1.43. The fourth-order valence-electron chi connectivity index (χ4n) is 1.43. The van der Waals surface area contributed by atoms with Crippen LogP contribution in [0, 0.1) is 0 Å². The number of aliphatic hydroxyl groups is 3. The molecule has 0 amide bonds. The summed E-state index contributed by atoms with van der Waals surface area (Å²) in [5.74, 6) is -0.412. The Kier molecular flexibility index (Phi) is 5.29. The van der Waals surface area contributed by atoms with E-state index in [1.165, 1.54) is 0 Å². The largest absolute Gasteiger partial charge is 0.463 e. The number of rotatable bonds is 5. The average Bonchev–Trinajstić information content (AvgIpc) is 2.51. The van der Waals surface area contributed by atoms with Crippen molar-refractivity contribution in [2.24, 2.45) is 0 Å². The molecule has 0 bridgehead atoms. The molecule has 0 aromatic heterocycles. The summed E-state index contributed by atoms with van der Waals surface area (Å²) in [6.45, 7) is 0.389. The van der Waals surface area contributed by atoms with Crippen LogP contribution in [-0.2, 0) is 14.3 Å². The molecule has 7 nitrogen and oxygen atoms in total. The molecule has 0 saturated carbocycles. The van der Waals surface area contributed by atoms with Gasteiger partial charge in [0.25, 0.3) is 0 Å². The van der Waals surface area contributed by atoms with E-state index in [0.29, 0.717) is 6.54 Å². The van der Waals surface area contributed by atoms with Crippen LogP contribution in [0.3, 0.4) is 0 Å². The summed E-state index contributed by atoms with van der Waals surface area (Å²) >= 11 is 0. The normalized spacial score (nSPS) is 33.1. The first-order chi connectivity index (χ1) is 7.91. The van der Waals surface area contributed by atoms with Gasteiger partial charge in [0, 0.05) is 6.54 Å². The number of carbonyl (C=O) groups excluding carboxylic acids is 1. The minimum absolute atomic E-state index is 0.179. The Labute approximate surface area is 99.5 Å². The van der Waals surface area contributed by atoms with Crippen molar-refractivity contribution in [1.82, 2.24) is 4.90 Å². The molecule has 1 fully saturated rings. The highest BCUT2D eigenvalue weighted by Gasteiger charge is 2.42. The Morgan fingerprint density at radius 3 is 2.41 bits per heavy atom. The zero-order valence-corrected chi connectivity index (χ0v) is 9.94. The van der Waals surface area contributed by atoms with E-state index in [-0.39, 0.29) is 13.0 Å². The predicted octanol–water partition coefficient (Wildman–Crippen LogP) is -2.08. The number of hydrogen-bond donors (Lipinski definition) is 3. The van der Waals surface area contributed by atoms with Gasteiger partial charge in [0.1, 0.15) is 24.9 Å². The van der Waals surface area contributed by atoms with Gasteiger partial charge in [-0.15, -0.1) is 0 Å². The van der Waals surface area contributed by atoms with Gasteiger partial charge in [-0.25, -0.2) is 0 Å². The summed E-state index contributed by atoms with van der Waals surface area (Å²) < 4.78 is 9.70. The van der Waals surface area contributed by atoms with Crippen molar-refractivity contribution < 1.29 is 29.6 Å². The highest BCUT2D eigenvalue weighted by molar-refractivity contribution is 5.69. The summed E-state index contributed by atoms with van der Waals surface area (Å²) in [5, 5.41) is 27.7. The third-order valence-corrected chi connectivity index (χ3v) is 2.51. The van der Waals surface area contributed by atoms with Gasteiger partial charge in [0.15, 0.2) is 6.29 Å². The van der Waals surface area contributed by atoms with E-state index < -0.39 is 30.6 Å². The van der Waals surface area contributed by atoms with Crippen molar-refractivity contribution >= 4 is 5.97 Å². The maximum atomic E-state index is 11.3. The van der Waals surface area contributed by atoms with E-state index in [2.05, 4.69) is 0 Å². The lowest BCUT2D eigenvalue weighted by molar-refractivity contribution is -0.157. The molecule has 3 N–H and O–H groups in total. The highest BCUT2D eigenvalue weighted by Crippen LogP contribution is 2.19. The first-order valence-corrected chi connectivity index (χ1v) is 5.42. The summed E-state index contributed by atoms with van der Waals surface area (Å²) in [5.41, 5.74) is 0. The molecule has 4 atom stereocenters. The van der Waals surface area contributed by atoms with Crippen LogP contribution >= 0.6 is 0 Å². The Morgan fingerprint density at radius 1 is 1.29 bits per heavy atom. The van der Waals surface area contributed by atoms with Crippen molar-refractivity contribution in [2.75, 3.05) is 27.2 Å². The quantitative estimate of drug-likeness (QED) is 0.481. The van der Waals surface area contributed by atoms with Crippen molar-refractivity contribution in [3.63, 3.8) is 0 Å². The number of aliphatic hydroxyl groups excluding tert-OH is 3. The van der Waals surface area contributed by atoms with E-state index in [1.54, 1.807) is 0 Å². The van der Waals surface area contributed by atoms with E-state index >= 15 is 0 Å². The second kappa shape index (κ2) is 6.27. The van der Waals surface area contributed by atoms with Crippen LogP contribution in [0.5, 0.6) is 0 Å². The highest BCUT2D eigenvalue weighted by atomic mass is 16.7. The number of esters is 1. The van der Waals surface area contributed by atoms with E-state index in [4.69, 9.17) is 14.6 Å². The second-order valence-electron chi connectivity index (χ2n) is 4.28. The van der Waals surface area contributed by atoms with Crippen LogP contribution in [0.15, 0.2) is 0 Å². The zero-order valence-electron chi connectivity index (χ0n) is 9.94. The standard InChI is InChI=1S/C10H19NO6/c1-11(2)4-3-7(12)16-5-6-8(13)9(14)10(15)17-6/h6,8-10,13-15H,3-5H2,1-2H3. The average molecular weight is 249 g/mol. The van der Waals surface area contributed by atoms with Gasteiger partial charge in [0.05, 0.1) is 6.42 Å². The van der Waals surface area contributed by atoms with Gasteiger partial charge >= 0.3 is 5.97 Å². The maximum Gasteiger partial charge on any atom is 0.307 e. The SMILES string of the molecule is CN(C)CCC(=O)OCC1OC(O)C(O)C1O. The summed E-state index contributed by atoms with van der Waals surface area (Å²) in [6.07, 6.45) is -4.69. The van der Waals surface area contributed by atoms with Gasteiger partial charge in [-0.05, 0) is 14.1 Å². The maximum absolute atomic E-state index is 11.3. The Bertz CT molecular complexity index is 259. The van der Waals surface area contributed by atoms with Crippen LogP contribution in [0.2, 0.25) is 0 Å². The van der Waals surface area contributed by atoms with Gasteiger partial charge in [-0.1, -0.05) is 0 Å². The molecule has 1 rings (SSSR count). The molecular weight excluding hydrogens is 230 g/mol. The first-order valence-electron chi connectivity index (χ1n) is 5.42. The van der Waals surface area contributed by atoms with Crippen LogP contribution in [0.25, 0.3) is 0 Å². The predicted molar refractivity (Wildman–Crippen MR) is 57.0 cm³/mol. The monoisotopic (exact) mass is 249 g/mol. The second-order valence-corrected chi connectivity index (χ2v) is 4.28. The van der Waals surface area contributed by atoms with Crippen LogP contribution < -0.4 is 0 Å². The lowest BCUT2D eigenvalue weighted by Gasteiger charge is -2.15. The summed E-state index contributed by atoms with van der Waals surface area (Å²) in [4.78, 5) is 13.1. The van der Waals surface area contributed by atoms with Gasteiger partial charge in [0.2, 0.25) is 0 Å². The summed E-state index contributed by atoms with van der Waals surface area (Å²) in [6, 6.07) is 0. The molecule has 0 aromatic carbocycles. The summed E-state index contributed by atoms with van der Waals surface area (Å²) in [7, 11) is 3.67. The Hall–Kier alpha value is -0.730. The van der Waals surface area contributed by atoms with Crippen LogP contribution in [0.1, 0.15) is 6.42 Å². The molecular formula is C10H19NO6. The lowest BCUT2D eigenvalue weighted by atomic mass is 10.1. The number of nitrogens with zero attached hydrogens (tertiary/aromatic N) is 1. The molecule has 4 unspecified atom stereocenters. The topological polar surface area (TPSA) is 99.5 Å². The van der Waals surface area contributed by atoms with E-state index in [9.17, 15) is 15.0 Å². The molecule has 17 heavy (non-hydrogen) atoms. The minimum Gasteiger partial charge on any atom is -0.463 e. The third kappa shape index (κ3) is 4.21. The number of carbonyl (C=O) groups is 1. The first kappa shape index (κ1) is 14.3. The zero-order chi connectivity index (χ0) is 13.0. The molecule has 0 aliphatic carbocycles. The fourth-order valence-corrected chi connectivity index (χ4v) is 1.43. The Balaban J connectivity index is 2.25. The number of hydrogen-bond acceptors (Lipinski definition) is 7. The number of ether oxygens (including phenoxy) is 2. The molecule has 100 valence electrons. The molecule has 0 aromatic rings. The molecule has 1 saturated heterocycles. The molecule has 1 aliphatic heterocycles. The molecule has 7 heteroatoms. The molecule has 1 heterocycles. The van der Waals surface area contributed by atoms with Crippen LogP contribution in [-0.4, -0.2) is 78.0 Å².